The van der Waals surface area contributed by atoms with Crippen LogP contribution >= 0.6 is 0 Å². The lowest BCUT2D eigenvalue weighted by Crippen LogP contribution is -2.64. The predicted octanol–water partition coefficient (Wildman–Crippen LogP) is 1.83. The van der Waals surface area contributed by atoms with Gasteiger partial charge in [-0.1, -0.05) is 30.3 Å². The van der Waals surface area contributed by atoms with Crippen LogP contribution < -0.4 is 11.1 Å². The molecule has 0 radical (unpaired) electrons. The number of fused-ring (bicyclic) bond motifs is 3. The van der Waals surface area contributed by atoms with Crippen LogP contribution in [0.1, 0.15) is 18.1 Å². The first-order valence-corrected chi connectivity index (χ1v) is 6.50. The third-order valence-corrected chi connectivity index (χ3v) is 3.51. The van der Waals surface area contributed by atoms with Gasteiger partial charge in [-0.15, -0.1) is 0 Å². The van der Waals surface area contributed by atoms with E-state index in [0.29, 0.717) is 0 Å². The number of anilines is 1. The van der Waals surface area contributed by atoms with Gasteiger partial charge in [0.05, 0.1) is 0 Å². The summed E-state index contributed by atoms with van der Waals surface area (Å²) in [5.74, 6) is -0.0459. The molecule has 1 amide bonds. The van der Waals surface area contributed by atoms with E-state index >= 15 is 0 Å². The second-order valence-corrected chi connectivity index (χ2v) is 5.10. The van der Waals surface area contributed by atoms with Gasteiger partial charge in [0.1, 0.15) is 0 Å². The Morgan fingerprint density at radius 2 is 1.89 bits per heavy atom. The van der Waals surface area contributed by atoms with Crippen molar-refractivity contribution in [1.29, 1.82) is 0 Å². The minimum atomic E-state index is -0.245. The summed E-state index contributed by atoms with van der Waals surface area (Å²) in [4.78, 5) is 11.7. The smallest absolute Gasteiger partial charge is 0.282 e. The molecule has 1 aliphatic carbocycles. The second-order valence-electron chi connectivity index (χ2n) is 5.10. The molecule has 19 heavy (non-hydrogen) atoms. The van der Waals surface area contributed by atoms with E-state index in [-0.39, 0.29) is 11.9 Å². The zero-order chi connectivity index (χ0) is 13.4. The highest BCUT2D eigenvalue weighted by Crippen LogP contribution is 2.37. The van der Waals surface area contributed by atoms with Gasteiger partial charge in [-0.05, 0) is 47.7 Å². The van der Waals surface area contributed by atoms with Gasteiger partial charge in [-0.25, -0.2) is 0 Å². The van der Waals surface area contributed by atoms with Crippen LogP contribution in [0.5, 0.6) is 0 Å². The Kier molecular flexibility index (Phi) is 2.84. The molecule has 0 saturated carbocycles. The molecule has 0 unspecified atom stereocenters. The van der Waals surface area contributed by atoms with Crippen molar-refractivity contribution >= 4 is 11.6 Å². The van der Waals surface area contributed by atoms with Gasteiger partial charge in [0, 0.05) is 5.69 Å². The number of benzene rings is 2. The van der Waals surface area contributed by atoms with Crippen molar-refractivity contribution in [3.8, 4) is 11.1 Å². The maximum atomic E-state index is 11.7. The summed E-state index contributed by atoms with van der Waals surface area (Å²) in [7, 11) is 0. The maximum Gasteiger partial charge on any atom is 0.282 e. The highest BCUT2D eigenvalue weighted by atomic mass is 16.2. The molecule has 0 aromatic heterocycles. The fourth-order valence-electron chi connectivity index (χ4n) is 2.49. The highest BCUT2D eigenvalue weighted by Gasteiger charge is 2.18. The van der Waals surface area contributed by atoms with Gasteiger partial charge in [0.15, 0.2) is 6.04 Å². The van der Waals surface area contributed by atoms with Crippen molar-refractivity contribution in [3.05, 3.63) is 53.6 Å². The molecule has 4 N–H and O–H groups in total. The Morgan fingerprint density at radius 3 is 2.68 bits per heavy atom. The van der Waals surface area contributed by atoms with E-state index in [0.717, 1.165) is 12.1 Å². The molecular weight excluding hydrogens is 236 g/mol. The molecule has 2 aromatic rings. The Labute approximate surface area is 112 Å². The number of carbonyl (C=O) groups excluding carboxylic acids is 1. The van der Waals surface area contributed by atoms with Crippen molar-refractivity contribution < 1.29 is 10.5 Å². The minimum absolute atomic E-state index is 0.0459. The van der Waals surface area contributed by atoms with E-state index in [2.05, 4.69) is 47.4 Å². The Balaban J connectivity index is 1.91. The number of rotatable bonds is 2. The minimum Gasteiger partial charge on any atom is -0.348 e. The third-order valence-electron chi connectivity index (χ3n) is 3.51. The average molecular weight is 253 g/mol. The van der Waals surface area contributed by atoms with Gasteiger partial charge in [-0.2, -0.15) is 0 Å². The van der Waals surface area contributed by atoms with Gasteiger partial charge in [0.25, 0.3) is 5.91 Å². The molecule has 1 aliphatic rings. The molecule has 0 heterocycles. The van der Waals surface area contributed by atoms with Gasteiger partial charge >= 0.3 is 0 Å². The number of nitrogens with one attached hydrogen (secondary N) is 1. The molecule has 0 saturated heterocycles. The van der Waals surface area contributed by atoms with E-state index in [1.165, 1.54) is 22.3 Å². The Morgan fingerprint density at radius 1 is 1.16 bits per heavy atom. The molecule has 0 bridgehead atoms. The summed E-state index contributed by atoms with van der Waals surface area (Å²) < 4.78 is 0. The lowest BCUT2D eigenvalue weighted by atomic mass is 10.1. The van der Waals surface area contributed by atoms with E-state index < -0.39 is 0 Å². The summed E-state index contributed by atoms with van der Waals surface area (Å²) >= 11 is 0. The van der Waals surface area contributed by atoms with Gasteiger partial charge in [0.2, 0.25) is 0 Å². The predicted molar refractivity (Wildman–Crippen MR) is 75.7 cm³/mol. The molecule has 96 valence electrons. The zero-order valence-corrected chi connectivity index (χ0v) is 10.9. The maximum absolute atomic E-state index is 11.7. The van der Waals surface area contributed by atoms with Gasteiger partial charge in [-0.3, -0.25) is 4.79 Å². The number of hydrogen-bond donors (Lipinski definition) is 2. The molecule has 3 heteroatoms. The quantitative estimate of drug-likeness (QED) is 0.719. The SMILES string of the molecule is C[C@@H]([NH3+])C(=O)Nc1ccc2c(c1)Cc1ccccc1-2. The monoisotopic (exact) mass is 253 g/mol. The molecular formula is C16H17N2O+. The van der Waals surface area contributed by atoms with Crippen molar-refractivity contribution in [2.45, 2.75) is 19.4 Å². The topological polar surface area (TPSA) is 56.7 Å². The first-order chi connectivity index (χ1) is 9.15. The lowest BCUT2D eigenvalue weighted by molar-refractivity contribution is -0.396. The Hall–Kier alpha value is -2.13. The normalized spacial score (nSPS) is 13.6. The summed E-state index contributed by atoms with van der Waals surface area (Å²) in [5, 5.41) is 2.90. The standard InChI is InChI=1S/C16H16N2O/c1-10(17)16(19)18-13-6-7-15-12(9-13)8-11-4-2-3-5-14(11)15/h2-7,9-10H,8,17H2,1H3,(H,18,19)/p+1/t10-/m1/s1. The van der Waals surface area contributed by atoms with Crippen molar-refractivity contribution in [2.24, 2.45) is 0 Å². The van der Waals surface area contributed by atoms with Crippen LogP contribution in [0.15, 0.2) is 42.5 Å². The summed E-state index contributed by atoms with van der Waals surface area (Å²) in [6, 6.07) is 14.3. The first-order valence-electron chi connectivity index (χ1n) is 6.50. The first kappa shape index (κ1) is 11.9. The molecule has 0 fully saturated rings. The Bertz CT molecular complexity index is 647. The number of quaternary nitrogens is 1. The van der Waals surface area contributed by atoms with Crippen LogP contribution in [0.2, 0.25) is 0 Å². The average Bonchev–Trinajstić information content (AvgIpc) is 2.76. The fraction of sp³-hybridized carbons (Fsp3) is 0.188. The second kappa shape index (κ2) is 4.52. The number of hydrogen-bond acceptors (Lipinski definition) is 1. The van der Waals surface area contributed by atoms with Crippen LogP contribution in [0, 0.1) is 0 Å². The van der Waals surface area contributed by atoms with Crippen LogP contribution in [-0.4, -0.2) is 11.9 Å². The molecule has 2 aromatic carbocycles. The van der Waals surface area contributed by atoms with Crippen LogP contribution in [0.25, 0.3) is 11.1 Å². The van der Waals surface area contributed by atoms with Crippen molar-refractivity contribution in [1.82, 2.24) is 0 Å². The summed E-state index contributed by atoms with van der Waals surface area (Å²) in [6.45, 7) is 1.79. The molecule has 0 aliphatic heterocycles. The summed E-state index contributed by atoms with van der Waals surface area (Å²) in [5.41, 5.74) is 9.79. The number of amides is 1. The molecule has 1 atom stereocenters. The largest absolute Gasteiger partial charge is 0.348 e. The fourth-order valence-corrected chi connectivity index (χ4v) is 2.49. The zero-order valence-electron chi connectivity index (χ0n) is 10.9. The van der Waals surface area contributed by atoms with E-state index in [4.69, 9.17) is 0 Å². The molecule has 3 rings (SSSR count). The highest BCUT2D eigenvalue weighted by molar-refractivity contribution is 5.94. The summed E-state index contributed by atoms with van der Waals surface area (Å²) in [6.07, 6.45) is 0.940. The van der Waals surface area contributed by atoms with Crippen LogP contribution in [0.4, 0.5) is 5.69 Å². The van der Waals surface area contributed by atoms with Crippen LogP contribution in [-0.2, 0) is 11.2 Å². The molecule has 3 nitrogen and oxygen atoms in total. The third kappa shape index (κ3) is 2.13. The number of carbonyl (C=O) groups is 1. The molecule has 0 spiro atoms. The van der Waals surface area contributed by atoms with E-state index in [9.17, 15) is 4.79 Å². The van der Waals surface area contributed by atoms with Crippen molar-refractivity contribution in [2.75, 3.05) is 5.32 Å². The van der Waals surface area contributed by atoms with Crippen LogP contribution in [0.3, 0.4) is 0 Å². The van der Waals surface area contributed by atoms with Gasteiger partial charge < -0.3 is 11.1 Å². The van der Waals surface area contributed by atoms with Crippen molar-refractivity contribution in [3.63, 3.8) is 0 Å². The van der Waals surface area contributed by atoms with E-state index in [1.54, 1.807) is 6.92 Å². The lowest BCUT2D eigenvalue weighted by Gasteiger charge is -2.08. The van der Waals surface area contributed by atoms with E-state index in [1.807, 2.05) is 6.07 Å².